The first kappa shape index (κ1) is 19.0. The molecule has 134 valence electrons. The number of likely N-dealkylation sites (N-methyl/N-ethyl adjacent to an activating group) is 2. The Bertz CT molecular complexity index is 753. The maximum Gasteiger partial charge on any atom is 0.240 e. The third-order valence-corrected chi connectivity index (χ3v) is 3.93. The molecule has 0 atom stereocenters. The fourth-order valence-corrected chi connectivity index (χ4v) is 2.28. The molecule has 2 rings (SSSR count). The zero-order valence-electron chi connectivity index (χ0n) is 14.0. The second kappa shape index (κ2) is 8.19. The molecule has 0 N–H and O–H groups in total. The maximum absolute atomic E-state index is 13.9. The van der Waals surface area contributed by atoms with E-state index in [0.29, 0.717) is 18.9 Å². The van der Waals surface area contributed by atoms with E-state index in [1.165, 1.54) is 19.3 Å². The minimum atomic E-state index is -0.851. The quantitative estimate of drug-likeness (QED) is 0.725. The molecule has 6 nitrogen and oxygen atoms in total. The van der Waals surface area contributed by atoms with Crippen molar-refractivity contribution in [3.8, 4) is 11.6 Å². The fraction of sp³-hybridized carbons (Fsp3) is 0.312. The lowest BCUT2D eigenvalue weighted by Gasteiger charge is -2.22. The molecule has 0 spiro atoms. The van der Waals surface area contributed by atoms with Gasteiger partial charge in [0.2, 0.25) is 17.5 Å². The summed E-state index contributed by atoms with van der Waals surface area (Å²) in [5.74, 6) is -1.88. The molecule has 0 aliphatic heterocycles. The summed E-state index contributed by atoms with van der Waals surface area (Å²) in [4.78, 5) is 22.7. The molecular weight excluding hydrogens is 398 g/mol. The minimum absolute atomic E-state index is 0.0376. The van der Waals surface area contributed by atoms with Crippen LogP contribution in [-0.4, -0.2) is 48.0 Å². The number of ether oxygens (including phenoxy) is 1. The van der Waals surface area contributed by atoms with E-state index < -0.39 is 17.4 Å². The van der Waals surface area contributed by atoms with Crippen LogP contribution in [0.1, 0.15) is 6.92 Å². The first-order chi connectivity index (χ1) is 11.8. The summed E-state index contributed by atoms with van der Waals surface area (Å²) < 4.78 is 33.2. The maximum atomic E-state index is 13.9. The zero-order chi connectivity index (χ0) is 18.6. The summed E-state index contributed by atoms with van der Waals surface area (Å²) in [6.07, 6.45) is 2.76. The zero-order valence-corrected chi connectivity index (χ0v) is 15.5. The lowest BCUT2D eigenvalue weighted by atomic mass is 10.3. The molecule has 0 bridgehead atoms. The minimum Gasteiger partial charge on any atom is -0.431 e. The van der Waals surface area contributed by atoms with Gasteiger partial charge in [0, 0.05) is 38.6 Å². The topological polar surface area (TPSA) is 58.6 Å². The monoisotopic (exact) mass is 414 g/mol. The lowest BCUT2D eigenvalue weighted by molar-refractivity contribution is -0.127. The first-order valence-electron chi connectivity index (χ1n) is 7.35. The highest BCUT2D eigenvalue weighted by Crippen LogP contribution is 2.29. The summed E-state index contributed by atoms with van der Waals surface area (Å²) in [5, 5.41) is 0. The Balaban J connectivity index is 2.12. The van der Waals surface area contributed by atoms with Gasteiger partial charge in [-0.05, 0) is 12.1 Å². The van der Waals surface area contributed by atoms with Gasteiger partial charge < -0.3 is 14.5 Å². The van der Waals surface area contributed by atoms with Crippen LogP contribution in [0.2, 0.25) is 0 Å². The number of carbonyl (C=O) groups excluding carboxylic acids is 1. The molecule has 1 heterocycles. The van der Waals surface area contributed by atoms with Crippen LogP contribution >= 0.6 is 15.9 Å². The first-order valence-corrected chi connectivity index (χ1v) is 8.14. The van der Waals surface area contributed by atoms with Crippen molar-refractivity contribution in [2.45, 2.75) is 6.92 Å². The summed E-state index contributed by atoms with van der Waals surface area (Å²) in [6, 6.07) is 2.19. The summed E-state index contributed by atoms with van der Waals surface area (Å²) in [5.41, 5.74) is 0. The summed E-state index contributed by atoms with van der Waals surface area (Å²) >= 11 is 3.00. The largest absolute Gasteiger partial charge is 0.431 e. The Hall–Kier alpha value is -2.29. The van der Waals surface area contributed by atoms with E-state index in [0.717, 1.165) is 12.1 Å². The van der Waals surface area contributed by atoms with Gasteiger partial charge in [0.1, 0.15) is 0 Å². The van der Waals surface area contributed by atoms with Crippen molar-refractivity contribution >= 4 is 27.7 Å². The number of halogens is 3. The molecule has 1 aromatic heterocycles. The molecule has 1 amide bonds. The van der Waals surface area contributed by atoms with Crippen molar-refractivity contribution in [3.05, 3.63) is 40.6 Å². The van der Waals surface area contributed by atoms with Crippen LogP contribution in [0.25, 0.3) is 0 Å². The number of aromatic nitrogens is 2. The number of amides is 1. The van der Waals surface area contributed by atoms with Crippen LogP contribution in [0.5, 0.6) is 11.6 Å². The van der Waals surface area contributed by atoms with Crippen molar-refractivity contribution in [1.82, 2.24) is 14.9 Å². The van der Waals surface area contributed by atoms with Crippen LogP contribution in [0.3, 0.4) is 0 Å². The summed E-state index contributed by atoms with van der Waals surface area (Å²) in [7, 11) is 3.46. The van der Waals surface area contributed by atoms with Gasteiger partial charge in [-0.1, -0.05) is 15.9 Å². The van der Waals surface area contributed by atoms with Gasteiger partial charge in [-0.2, -0.15) is 4.98 Å². The number of carbonyl (C=O) groups is 1. The number of benzene rings is 1. The number of nitrogens with zero attached hydrogens (tertiary/aromatic N) is 4. The standard InChI is InChI=1S/C16H17BrF2N4O2/c1-10(24)22(2)4-5-23(3)14-8-20-9-15(21-14)25-16-12(18)6-11(17)7-13(16)19/h6-9H,4-5H2,1-3H3. The lowest BCUT2D eigenvalue weighted by Crippen LogP contribution is -2.33. The number of anilines is 1. The second-order valence-electron chi connectivity index (χ2n) is 5.38. The highest BCUT2D eigenvalue weighted by Gasteiger charge is 2.15. The van der Waals surface area contributed by atoms with Crippen LogP contribution in [0, 0.1) is 11.6 Å². The molecule has 0 aliphatic carbocycles. The van der Waals surface area contributed by atoms with E-state index in [-0.39, 0.29) is 16.3 Å². The van der Waals surface area contributed by atoms with Gasteiger partial charge >= 0.3 is 0 Å². The molecule has 25 heavy (non-hydrogen) atoms. The van der Waals surface area contributed by atoms with Crippen LogP contribution < -0.4 is 9.64 Å². The second-order valence-corrected chi connectivity index (χ2v) is 6.29. The number of hydrogen-bond donors (Lipinski definition) is 0. The van der Waals surface area contributed by atoms with E-state index >= 15 is 0 Å². The molecule has 0 fully saturated rings. The van der Waals surface area contributed by atoms with E-state index in [1.54, 1.807) is 23.9 Å². The molecule has 0 saturated carbocycles. The van der Waals surface area contributed by atoms with Crippen molar-refractivity contribution in [2.75, 3.05) is 32.1 Å². The average molecular weight is 415 g/mol. The van der Waals surface area contributed by atoms with E-state index in [2.05, 4.69) is 25.9 Å². The van der Waals surface area contributed by atoms with E-state index in [4.69, 9.17) is 4.74 Å². The normalized spacial score (nSPS) is 10.5. The average Bonchev–Trinajstić information content (AvgIpc) is 2.55. The molecule has 0 saturated heterocycles. The van der Waals surface area contributed by atoms with Gasteiger partial charge in [-0.3, -0.25) is 9.78 Å². The Morgan fingerprint density at radius 1 is 1.20 bits per heavy atom. The van der Waals surface area contributed by atoms with Crippen molar-refractivity contribution in [2.24, 2.45) is 0 Å². The Kier molecular flexibility index (Phi) is 6.24. The van der Waals surface area contributed by atoms with Gasteiger partial charge in [0.05, 0.1) is 12.4 Å². The molecule has 1 aromatic carbocycles. The molecule has 9 heteroatoms. The SMILES string of the molecule is CC(=O)N(C)CCN(C)c1cncc(Oc2c(F)cc(Br)cc2F)n1. The number of hydrogen-bond acceptors (Lipinski definition) is 5. The summed E-state index contributed by atoms with van der Waals surface area (Å²) in [6.45, 7) is 2.49. The smallest absolute Gasteiger partial charge is 0.240 e. The van der Waals surface area contributed by atoms with Gasteiger partial charge in [-0.25, -0.2) is 8.78 Å². The van der Waals surface area contributed by atoms with Crippen LogP contribution in [-0.2, 0) is 4.79 Å². The van der Waals surface area contributed by atoms with E-state index in [9.17, 15) is 13.6 Å². The van der Waals surface area contributed by atoms with Gasteiger partial charge in [-0.15, -0.1) is 0 Å². The third kappa shape index (κ3) is 5.09. The molecule has 0 unspecified atom stereocenters. The fourth-order valence-electron chi connectivity index (χ4n) is 1.87. The van der Waals surface area contributed by atoms with Crippen molar-refractivity contribution < 1.29 is 18.3 Å². The number of rotatable bonds is 6. The Labute approximate surface area is 152 Å². The van der Waals surface area contributed by atoms with Crippen molar-refractivity contribution in [3.63, 3.8) is 0 Å². The predicted octanol–water partition coefficient (Wildman–Crippen LogP) is 3.22. The molecular formula is C16H17BrF2N4O2. The van der Waals surface area contributed by atoms with Crippen LogP contribution in [0.15, 0.2) is 29.0 Å². The molecule has 0 aliphatic rings. The van der Waals surface area contributed by atoms with Gasteiger partial charge in [0.15, 0.2) is 17.5 Å². The van der Waals surface area contributed by atoms with Crippen molar-refractivity contribution in [1.29, 1.82) is 0 Å². The van der Waals surface area contributed by atoms with E-state index in [1.807, 2.05) is 0 Å². The molecule has 2 aromatic rings. The third-order valence-electron chi connectivity index (χ3n) is 3.47. The predicted molar refractivity (Wildman–Crippen MR) is 92.7 cm³/mol. The highest BCUT2D eigenvalue weighted by molar-refractivity contribution is 9.10. The Morgan fingerprint density at radius 2 is 1.84 bits per heavy atom. The molecule has 0 radical (unpaired) electrons. The van der Waals surface area contributed by atoms with Crippen LogP contribution in [0.4, 0.5) is 14.6 Å². The Morgan fingerprint density at radius 3 is 2.44 bits per heavy atom. The van der Waals surface area contributed by atoms with Gasteiger partial charge in [0.25, 0.3) is 0 Å². The highest BCUT2D eigenvalue weighted by atomic mass is 79.9.